The van der Waals surface area contributed by atoms with E-state index in [1.807, 2.05) is 42.6 Å². The maximum absolute atomic E-state index is 10.8. The second-order valence-electron chi connectivity index (χ2n) is 6.46. The van der Waals surface area contributed by atoms with Crippen LogP contribution in [0, 0.1) is 5.92 Å². The molecule has 0 aliphatic rings. The molecule has 2 aromatic carbocycles. The minimum Gasteiger partial charge on any atom is -0.481 e. The highest BCUT2D eigenvalue weighted by Crippen LogP contribution is 2.17. The Kier molecular flexibility index (Phi) is 6.19. The van der Waals surface area contributed by atoms with Crippen LogP contribution in [0.15, 0.2) is 60.8 Å². The van der Waals surface area contributed by atoms with Crippen LogP contribution in [0.25, 0.3) is 10.9 Å². The molecular weight excluding hydrogens is 298 g/mol. The number of carboxylic acids is 1. The molecule has 3 rings (SSSR count). The summed E-state index contributed by atoms with van der Waals surface area (Å²) in [6.45, 7) is 6.06. The predicted octanol–water partition coefficient (Wildman–Crippen LogP) is 5.24. The molecule has 2 N–H and O–H groups in total. The van der Waals surface area contributed by atoms with Crippen LogP contribution in [0.4, 0.5) is 0 Å². The molecule has 24 heavy (non-hydrogen) atoms. The molecule has 3 heteroatoms. The Balaban J connectivity index is 0.000000194. The molecule has 0 fully saturated rings. The summed E-state index contributed by atoms with van der Waals surface area (Å²) in [7, 11) is 0. The molecule has 0 bridgehead atoms. The molecule has 1 heterocycles. The number of carboxylic acid groups (broad SMARTS) is 1. The van der Waals surface area contributed by atoms with E-state index in [0.29, 0.717) is 5.92 Å². The van der Waals surface area contributed by atoms with Gasteiger partial charge in [0.05, 0.1) is 5.92 Å². The van der Waals surface area contributed by atoms with Gasteiger partial charge in [-0.1, -0.05) is 56.3 Å². The number of benzene rings is 2. The molecule has 1 unspecified atom stereocenters. The smallest absolute Gasteiger partial charge is 0.310 e. The zero-order valence-corrected chi connectivity index (χ0v) is 14.5. The van der Waals surface area contributed by atoms with Crippen molar-refractivity contribution >= 4 is 16.9 Å². The highest BCUT2D eigenvalue weighted by molar-refractivity contribution is 5.78. The standard InChI is InChI=1S/C13H18O2.C8H7N/c1-9(2)8-11-4-6-12(7-5-11)10(3)13(14)15;1-2-4-8-7(3-1)5-6-9-8/h4-7,9-10H,8H2,1-3H3,(H,14,15);1-6,9H. The lowest BCUT2D eigenvalue weighted by atomic mass is 9.97. The second kappa shape index (κ2) is 8.34. The summed E-state index contributed by atoms with van der Waals surface area (Å²) in [4.78, 5) is 13.9. The van der Waals surface area contributed by atoms with Gasteiger partial charge in [0.1, 0.15) is 0 Å². The Morgan fingerprint density at radius 2 is 1.67 bits per heavy atom. The minimum atomic E-state index is -0.772. The second-order valence-corrected chi connectivity index (χ2v) is 6.46. The first-order valence-corrected chi connectivity index (χ1v) is 8.31. The van der Waals surface area contributed by atoms with Crippen LogP contribution in [-0.4, -0.2) is 16.1 Å². The van der Waals surface area contributed by atoms with Gasteiger partial charge in [-0.2, -0.15) is 0 Å². The molecule has 0 amide bonds. The molecule has 0 radical (unpaired) electrons. The van der Waals surface area contributed by atoms with E-state index in [1.165, 1.54) is 16.5 Å². The van der Waals surface area contributed by atoms with Crippen LogP contribution in [0.1, 0.15) is 37.8 Å². The molecule has 1 aromatic heterocycles. The third-order valence-electron chi connectivity index (χ3n) is 3.96. The van der Waals surface area contributed by atoms with E-state index in [9.17, 15) is 4.79 Å². The van der Waals surface area contributed by atoms with E-state index in [1.54, 1.807) is 6.92 Å². The van der Waals surface area contributed by atoms with Gasteiger partial charge in [0.15, 0.2) is 0 Å². The number of H-pyrrole nitrogens is 1. The molecule has 0 spiro atoms. The Hall–Kier alpha value is -2.55. The number of rotatable bonds is 4. The number of hydrogen-bond acceptors (Lipinski definition) is 1. The Morgan fingerprint density at radius 1 is 1.00 bits per heavy atom. The lowest BCUT2D eigenvalue weighted by molar-refractivity contribution is -0.138. The van der Waals surface area contributed by atoms with Crippen molar-refractivity contribution < 1.29 is 9.90 Å². The molecule has 0 aliphatic carbocycles. The number of fused-ring (bicyclic) bond motifs is 1. The maximum Gasteiger partial charge on any atom is 0.310 e. The Labute approximate surface area is 143 Å². The largest absolute Gasteiger partial charge is 0.481 e. The van der Waals surface area contributed by atoms with Gasteiger partial charge in [0.2, 0.25) is 0 Å². The van der Waals surface area contributed by atoms with Crippen LogP contribution < -0.4 is 0 Å². The van der Waals surface area contributed by atoms with Crippen LogP contribution >= 0.6 is 0 Å². The van der Waals surface area contributed by atoms with Crippen molar-refractivity contribution in [3.05, 3.63) is 71.9 Å². The van der Waals surface area contributed by atoms with E-state index in [0.717, 1.165) is 12.0 Å². The van der Waals surface area contributed by atoms with Gasteiger partial charge in [0.25, 0.3) is 0 Å². The first-order chi connectivity index (χ1) is 11.5. The van der Waals surface area contributed by atoms with E-state index < -0.39 is 11.9 Å². The lowest BCUT2D eigenvalue weighted by Gasteiger charge is -2.09. The van der Waals surface area contributed by atoms with Crippen molar-refractivity contribution in [1.82, 2.24) is 4.98 Å². The van der Waals surface area contributed by atoms with Crippen LogP contribution in [0.3, 0.4) is 0 Å². The predicted molar refractivity (Wildman–Crippen MR) is 99.3 cm³/mol. The topological polar surface area (TPSA) is 53.1 Å². The lowest BCUT2D eigenvalue weighted by Crippen LogP contribution is -2.07. The average molecular weight is 323 g/mol. The third-order valence-corrected chi connectivity index (χ3v) is 3.96. The van der Waals surface area contributed by atoms with Gasteiger partial charge >= 0.3 is 5.97 Å². The number of carbonyl (C=O) groups is 1. The first kappa shape index (κ1) is 17.8. The number of nitrogens with one attached hydrogen (secondary N) is 1. The molecule has 1 atom stereocenters. The fourth-order valence-electron chi connectivity index (χ4n) is 2.55. The van der Waals surface area contributed by atoms with Crippen molar-refractivity contribution in [2.75, 3.05) is 0 Å². The van der Waals surface area contributed by atoms with Crippen molar-refractivity contribution in [1.29, 1.82) is 0 Å². The van der Waals surface area contributed by atoms with Gasteiger partial charge in [-0.15, -0.1) is 0 Å². The molecule has 3 aromatic rings. The normalized spacial score (nSPS) is 11.8. The van der Waals surface area contributed by atoms with Gasteiger partial charge in [-0.25, -0.2) is 0 Å². The summed E-state index contributed by atoms with van der Waals surface area (Å²) < 4.78 is 0. The van der Waals surface area contributed by atoms with Crippen molar-refractivity contribution in [2.45, 2.75) is 33.1 Å². The fourth-order valence-corrected chi connectivity index (χ4v) is 2.55. The molecule has 0 aliphatic heterocycles. The van der Waals surface area contributed by atoms with E-state index in [-0.39, 0.29) is 0 Å². The van der Waals surface area contributed by atoms with Crippen LogP contribution in [0.5, 0.6) is 0 Å². The summed E-state index contributed by atoms with van der Waals surface area (Å²) >= 11 is 0. The molecular formula is C21H25NO2. The fraction of sp³-hybridized carbons (Fsp3) is 0.286. The Morgan fingerprint density at radius 3 is 2.25 bits per heavy atom. The molecule has 0 saturated heterocycles. The van der Waals surface area contributed by atoms with Gasteiger partial charge in [-0.3, -0.25) is 4.79 Å². The number of para-hydroxylation sites is 1. The zero-order chi connectivity index (χ0) is 17.5. The van der Waals surface area contributed by atoms with E-state index in [4.69, 9.17) is 5.11 Å². The number of aliphatic carboxylic acids is 1. The van der Waals surface area contributed by atoms with E-state index >= 15 is 0 Å². The summed E-state index contributed by atoms with van der Waals surface area (Å²) in [6.07, 6.45) is 2.99. The quantitative estimate of drug-likeness (QED) is 0.689. The Bertz CT molecular complexity index is 742. The first-order valence-electron chi connectivity index (χ1n) is 8.31. The van der Waals surface area contributed by atoms with Crippen LogP contribution in [-0.2, 0) is 11.2 Å². The molecule has 126 valence electrons. The third kappa shape index (κ3) is 4.98. The van der Waals surface area contributed by atoms with Gasteiger partial charge in [0, 0.05) is 11.7 Å². The maximum atomic E-state index is 10.8. The summed E-state index contributed by atoms with van der Waals surface area (Å²) in [5.41, 5.74) is 3.35. The molecule has 0 saturated carbocycles. The molecule has 3 nitrogen and oxygen atoms in total. The van der Waals surface area contributed by atoms with Gasteiger partial charge in [-0.05, 0) is 47.9 Å². The van der Waals surface area contributed by atoms with E-state index in [2.05, 4.69) is 37.0 Å². The number of aromatic amines is 1. The summed E-state index contributed by atoms with van der Waals surface area (Å²) in [6, 6.07) is 18.2. The van der Waals surface area contributed by atoms with Crippen molar-refractivity contribution in [3.8, 4) is 0 Å². The summed E-state index contributed by atoms with van der Waals surface area (Å²) in [5, 5.41) is 10.1. The zero-order valence-electron chi connectivity index (χ0n) is 14.5. The van der Waals surface area contributed by atoms with Crippen molar-refractivity contribution in [3.63, 3.8) is 0 Å². The number of hydrogen-bond donors (Lipinski definition) is 2. The summed E-state index contributed by atoms with van der Waals surface area (Å²) in [5.74, 6) is -0.558. The highest BCUT2D eigenvalue weighted by Gasteiger charge is 2.12. The average Bonchev–Trinajstić information content (AvgIpc) is 3.03. The minimum absolute atomic E-state index is 0.418. The van der Waals surface area contributed by atoms with Gasteiger partial charge < -0.3 is 10.1 Å². The monoisotopic (exact) mass is 323 g/mol. The van der Waals surface area contributed by atoms with Crippen LogP contribution in [0.2, 0.25) is 0 Å². The van der Waals surface area contributed by atoms with Crippen molar-refractivity contribution in [2.24, 2.45) is 5.92 Å². The number of aromatic nitrogens is 1. The highest BCUT2D eigenvalue weighted by atomic mass is 16.4. The SMILES string of the molecule is CC(C)Cc1ccc(C(C)C(=O)O)cc1.c1ccc2[nH]ccc2c1.